The highest BCUT2D eigenvalue weighted by Gasteiger charge is 2.15. The zero-order chi connectivity index (χ0) is 18.2. The third-order valence-electron chi connectivity index (χ3n) is 2.69. The Hall–Kier alpha value is -1.93. The number of rotatable bonds is 5. The quantitative estimate of drug-likeness (QED) is 0.493. The first-order valence-electron chi connectivity index (χ1n) is 8.28. The van der Waals surface area contributed by atoms with Crippen molar-refractivity contribution in [3.05, 3.63) is 29.8 Å². The number of hydrogen-bond donors (Lipinski definition) is 1. The van der Waals surface area contributed by atoms with Crippen LogP contribution in [0.1, 0.15) is 32.8 Å². The van der Waals surface area contributed by atoms with Gasteiger partial charge in [0.1, 0.15) is 19.4 Å². The van der Waals surface area contributed by atoms with Crippen LogP contribution in [0, 0.1) is 11.5 Å². The highest BCUT2D eigenvalue weighted by molar-refractivity contribution is 6.83. The van der Waals surface area contributed by atoms with Crippen molar-refractivity contribution in [2.45, 2.75) is 52.4 Å². The van der Waals surface area contributed by atoms with Gasteiger partial charge in [-0.2, -0.15) is 0 Å². The maximum Gasteiger partial charge on any atom is 0.407 e. The van der Waals surface area contributed by atoms with E-state index in [1.54, 1.807) is 0 Å². The van der Waals surface area contributed by atoms with Crippen molar-refractivity contribution in [2.24, 2.45) is 0 Å². The summed E-state index contributed by atoms with van der Waals surface area (Å²) in [7, 11) is -1.35. The Morgan fingerprint density at radius 1 is 1.17 bits per heavy atom. The minimum Gasteiger partial charge on any atom is -0.494 e. The topological polar surface area (TPSA) is 47.6 Å². The SMILES string of the molecule is CC(C)(C)OC(=O)NCCCOc1ccc(C#C[Si](C)(C)C)cc1. The second kappa shape index (κ2) is 8.79. The molecule has 1 amide bonds. The molecule has 0 radical (unpaired) electrons. The molecule has 0 saturated heterocycles. The summed E-state index contributed by atoms with van der Waals surface area (Å²) < 4.78 is 10.8. The molecule has 0 unspecified atom stereocenters. The predicted molar refractivity (Wildman–Crippen MR) is 101 cm³/mol. The van der Waals surface area contributed by atoms with Crippen LogP contribution < -0.4 is 10.1 Å². The number of alkyl carbamates (subject to hydrolysis) is 1. The third kappa shape index (κ3) is 9.96. The van der Waals surface area contributed by atoms with Gasteiger partial charge in [-0.3, -0.25) is 0 Å². The molecule has 5 heteroatoms. The summed E-state index contributed by atoms with van der Waals surface area (Å²) in [5.74, 6) is 4.02. The monoisotopic (exact) mass is 347 g/mol. The molecule has 0 aromatic heterocycles. The van der Waals surface area contributed by atoms with Gasteiger partial charge in [0.15, 0.2) is 0 Å². The van der Waals surface area contributed by atoms with Gasteiger partial charge in [0.25, 0.3) is 0 Å². The minimum atomic E-state index is -1.35. The maximum atomic E-state index is 11.5. The molecule has 24 heavy (non-hydrogen) atoms. The molecule has 1 aromatic carbocycles. The molecule has 0 aliphatic heterocycles. The van der Waals surface area contributed by atoms with Crippen LogP contribution >= 0.6 is 0 Å². The number of ether oxygens (including phenoxy) is 2. The van der Waals surface area contributed by atoms with E-state index in [1.807, 2.05) is 45.0 Å². The zero-order valence-electron chi connectivity index (χ0n) is 15.7. The summed E-state index contributed by atoms with van der Waals surface area (Å²) in [6, 6.07) is 7.80. The van der Waals surface area contributed by atoms with E-state index in [2.05, 4.69) is 36.4 Å². The Morgan fingerprint density at radius 2 is 1.79 bits per heavy atom. The average molecular weight is 348 g/mol. The molecule has 4 nitrogen and oxygen atoms in total. The molecule has 0 bridgehead atoms. The molecule has 1 rings (SSSR count). The Bertz CT molecular complexity index is 586. The molecule has 132 valence electrons. The van der Waals surface area contributed by atoms with E-state index in [9.17, 15) is 4.79 Å². The highest BCUT2D eigenvalue weighted by atomic mass is 28.3. The second-order valence-corrected chi connectivity index (χ2v) is 12.4. The molecule has 0 heterocycles. The molecule has 1 N–H and O–H groups in total. The van der Waals surface area contributed by atoms with E-state index in [1.165, 1.54) is 0 Å². The van der Waals surface area contributed by atoms with Crippen molar-refractivity contribution < 1.29 is 14.3 Å². The fourth-order valence-corrected chi connectivity index (χ4v) is 2.18. The number of carbonyl (C=O) groups excluding carboxylic acids is 1. The van der Waals surface area contributed by atoms with Crippen molar-refractivity contribution >= 4 is 14.2 Å². The summed E-state index contributed by atoms with van der Waals surface area (Å²) in [5.41, 5.74) is 3.88. The molecule has 1 aromatic rings. The van der Waals surface area contributed by atoms with Crippen LogP contribution in [-0.2, 0) is 4.74 Å². The number of amides is 1. The van der Waals surface area contributed by atoms with E-state index in [4.69, 9.17) is 9.47 Å². The summed E-state index contributed by atoms with van der Waals surface area (Å²) in [6.45, 7) is 13.3. The van der Waals surface area contributed by atoms with Gasteiger partial charge in [0, 0.05) is 12.1 Å². The van der Waals surface area contributed by atoms with Gasteiger partial charge < -0.3 is 14.8 Å². The first kappa shape index (κ1) is 20.1. The Balaban J connectivity index is 2.29. The fourth-order valence-electron chi connectivity index (χ4n) is 1.66. The van der Waals surface area contributed by atoms with Crippen LogP contribution in [0.5, 0.6) is 5.75 Å². The number of nitrogens with one attached hydrogen (secondary N) is 1. The van der Waals surface area contributed by atoms with Crippen molar-refractivity contribution in [1.29, 1.82) is 0 Å². The first-order valence-corrected chi connectivity index (χ1v) is 11.8. The zero-order valence-corrected chi connectivity index (χ0v) is 16.7. The van der Waals surface area contributed by atoms with Crippen LogP contribution in [0.15, 0.2) is 24.3 Å². The molecule has 0 atom stereocenters. The summed E-state index contributed by atoms with van der Waals surface area (Å²) in [6.07, 6.45) is 0.323. The van der Waals surface area contributed by atoms with Crippen molar-refractivity contribution in [3.63, 3.8) is 0 Å². The van der Waals surface area contributed by atoms with Gasteiger partial charge in [0.2, 0.25) is 0 Å². The number of hydrogen-bond acceptors (Lipinski definition) is 3. The lowest BCUT2D eigenvalue weighted by Gasteiger charge is -2.19. The standard InChI is InChI=1S/C19H29NO3Si/c1-19(2,3)23-18(21)20-13-7-14-22-17-10-8-16(9-11-17)12-15-24(4,5)6/h8-11H,7,13-14H2,1-6H3,(H,20,21). The normalized spacial score (nSPS) is 11.2. The predicted octanol–water partition coefficient (Wildman–Crippen LogP) is 4.21. The van der Waals surface area contributed by atoms with Crippen molar-refractivity contribution in [1.82, 2.24) is 5.32 Å². The van der Waals surface area contributed by atoms with E-state index in [0.717, 1.165) is 17.7 Å². The molecule has 0 fully saturated rings. The second-order valence-electron chi connectivity index (χ2n) is 7.66. The van der Waals surface area contributed by atoms with Crippen LogP contribution in [0.2, 0.25) is 19.6 Å². The molecular formula is C19H29NO3Si. The van der Waals surface area contributed by atoms with Crippen LogP contribution in [-0.4, -0.2) is 32.9 Å². The molecule has 0 aliphatic rings. The van der Waals surface area contributed by atoms with Gasteiger partial charge in [-0.1, -0.05) is 25.6 Å². The van der Waals surface area contributed by atoms with Gasteiger partial charge >= 0.3 is 6.09 Å². The Kier molecular flexibility index (Phi) is 7.37. The summed E-state index contributed by atoms with van der Waals surface area (Å²) in [5, 5.41) is 2.71. The number of benzene rings is 1. The van der Waals surface area contributed by atoms with E-state index in [-0.39, 0.29) is 0 Å². The average Bonchev–Trinajstić information content (AvgIpc) is 2.43. The van der Waals surface area contributed by atoms with E-state index in [0.29, 0.717) is 13.2 Å². The smallest absolute Gasteiger partial charge is 0.407 e. The van der Waals surface area contributed by atoms with Crippen LogP contribution in [0.4, 0.5) is 4.79 Å². The summed E-state index contributed by atoms with van der Waals surface area (Å²) in [4.78, 5) is 11.5. The third-order valence-corrected chi connectivity index (χ3v) is 3.57. The number of carbonyl (C=O) groups is 1. The summed E-state index contributed by atoms with van der Waals surface area (Å²) >= 11 is 0. The highest BCUT2D eigenvalue weighted by Crippen LogP contribution is 2.12. The lowest BCUT2D eigenvalue weighted by molar-refractivity contribution is 0.0525. The maximum absolute atomic E-state index is 11.5. The van der Waals surface area contributed by atoms with Crippen molar-refractivity contribution in [3.8, 4) is 17.2 Å². The largest absolute Gasteiger partial charge is 0.494 e. The van der Waals surface area contributed by atoms with Gasteiger partial charge in [-0.25, -0.2) is 4.79 Å². The van der Waals surface area contributed by atoms with Gasteiger partial charge in [-0.05, 0) is 51.5 Å². The lowest BCUT2D eigenvalue weighted by atomic mass is 10.2. The van der Waals surface area contributed by atoms with Gasteiger partial charge in [0.05, 0.1) is 6.61 Å². The molecular weight excluding hydrogens is 318 g/mol. The Morgan fingerprint density at radius 3 is 2.33 bits per heavy atom. The van der Waals surface area contributed by atoms with E-state index < -0.39 is 19.8 Å². The van der Waals surface area contributed by atoms with Gasteiger partial charge in [-0.15, -0.1) is 5.54 Å². The van der Waals surface area contributed by atoms with Crippen LogP contribution in [0.25, 0.3) is 0 Å². The molecule has 0 saturated carbocycles. The minimum absolute atomic E-state index is 0.396. The first-order chi connectivity index (χ1) is 11.1. The van der Waals surface area contributed by atoms with Crippen LogP contribution in [0.3, 0.4) is 0 Å². The fraction of sp³-hybridized carbons (Fsp3) is 0.526. The Labute approximate surface area is 146 Å². The molecule has 0 spiro atoms. The molecule has 0 aliphatic carbocycles. The van der Waals surface area contributed by atoms with E-state index >= 15 is 0 Å². The lowest BCUT2D eigenvalue weighted by Crippen LogP contribution is -2.33. The van der Waals surface area contributed by atoms with Crippen molar-refractivity contribution in [2.75, 3.05) is 13.2 Å².